The van der Waals surface area contributed by atoms with Gasteiger partial charge in [-0.1, -0.05) is 114 Å². The Hall–Kier alpha value is -2.56. The van der Waals surface area contributed by atoms with Crippen LogP contribution >= 0.6 is 7.82 Å². The average Bonchev–Trinajstić information content (AvgIpc) is 3.09. The van der Waals surface area contributed by atoms with Crippen molar-refractivity contribution in [3.8, 4) is 0 Å². The van der Waals surface area contributed by atoms with Crippen LogP contribution in [0.5, 0.6) is 0 Å². The lowest BCUT2D eigenvalue weighted by atomic mass is 10.1. The Morgan fingerprint density at radius 2 is 1.12 bits per heavy atom. The molecule has 0 rings (SSSR count). The molecule has 0 aliphatic rings. The molecule has 0 aromatic heterocycles. The Bertz CT molecular complexity index is 1040. The smallest absolute Gasteiger partial charge is 0.472 e. The largest absolute Gasteiger partial charge is 0.480 e. The molecule has 0 aromatic rings. The maximum atomic E-state index is 12.5. The molecule has 0 spiro atoms. The molecular formula is C38H66NO10P. The summed E-state index contributed by atoms with van der Waals surface area (Å²) in [5, 5.41) is 8.85. The predicted molar refractivity (Wildman–Crippen MR) is 198 cm³/mol. The molecule has 50 heavy (non-hydrogen) atoms. The van der Waals surface area contributed by atoms with E-state index in [4.69, 9.17) is 24.8 Å². The molecular weight excluding hydrogens is 661 g/mol. The normalized spacial score (nSPS) is 14.5. The number of rotatable bonds is 34. The van der Waals surface area contributed by atoms with Crippen LogP contribution in [0.3, 0.4) is 0 Å². The van der Waals surface area contributed by atoms with Gasteiger partial charge >= 0.3 is 25.7 Å². The van der Waals surface area contributed by atoms with Crippen molar-refractivity contribution in [2.24, 2.45) is 5.73 Å². The van der Waals surface area contributed by atoms with Gasteiger partial charge in [-0.2, -0.15) is 0 Å². The van der Waals surface area contributed by atoms with Gasteiger partial charge in [0.2, 0.25) is 0 Å². The molecule has 0 amide bonds. The molecule has 0 fully saturated rings. The number of aliphatic carboxylic acids is 1. The van der Waals surface area contributed by atoms with E-state index < -0.39 is 51.1 Å². The number of hydrogen-bond acceptors (Lipinski definition) is 9. The summed E-state index contributed by atoms with van der Waals surface area (Å²) >= 11 is 0. The number of allylic oxidation sites excluding steroid dienone is 8. The number of carbonyl (C=O) groups excluding carboxylic acids is 2. The number of carbonyl (C=O) groups is 3. The van der Waals surface area contributed by atoms with Gasteiger partial charge in [-0.15, -0.1) is 0 Å². The molecule has 0 heterocycles. The average molecular weight is 728 g/mol. The van der Waals surface area contributed by atoms with E-state index in [1.807, 2.05) is 0 Å². The van der Waals surface area contributed by atoms with E-state index in [0.29, 0.717) is 12.8 Å². The number of hydrogen-bond donors (Lipinski definition) is 3. The number of carboxylic acids is 1. The summed E-state index contributed by atoms with van der Waals surface area (Å²) in [5.74, 6) is -2.42. The first-order valence-electron chi connectivity index (χ1n) is 18.7. The van der Waals surface area contributed by atoms with Crippen molar-refractivity contribution >= 4 is 25.7 Å². The molecule has 0 aliphatic heterocycles. The topological polar surface area (TPSA) is 172 Å². The van der Waals surface area contributed by atoms with E-state index in [-0.39, 0.29) is 19.4 Å². The molecule has 3 atom stereocenters. The van der Waals surface area contributed by atoms with Crippen molar-refractivity contribution in [1.82, 2.24) is 0 Å². The highest BCUT2D eigenvalue weighted by molar-refractivity contribution is 7.47. The van der Waals surface area contributed by atoms with Gasteiger partial charge in [-0.25, -0.2) is 4.57 Å². The van der Waals surface area contributed by atoms with Crippen molar-refractivity contribution in [2.45, 2.75) is 154 Å². The fraction of sp³-hybridized carbons (Fsp3) is 0.711. The molecule has 0 saturated carbocycles. The van der Waals surface area contributed by atoms with Gasteiger partial charge in [0.1, 0.15) is 12.6 Å². The minimum atomic E-state index is -4.72. The van der Waals surface area contributed by atoms with Crippen LogP contribution in [0.25, 0.3) is 0 Å². The zero-order valence-electron chi connectivity index (χ0n) is 30.7. The second kappa shape index (κ2) is 33.6. The quantitative estimate of drug-likeness (QED) is 0.0250. The molecule has 4 N–H and O–H groups in total. The van der Waals surface area contributed by atoms with Gasteiger partial charge in [-0.05, 0) is 64.2 Å². The third-order valence-electron chi connectivity index (χ3n) is 7.56. The number of unbranched alkanes of at least 4 members (excludes halogenated alkanes) is 12. The maximum absolute atomic E-state index is 12.5. The van der Waals surface area contributed by atoms with Gasteiger partial charge in [0.15, 0.2) is 6.10 Å². The number of carboxylic acid groups (broad SMARTS) is 1. The molecule has 0 bridgehead atoms. The third kappa shape index (κ3) is 32.6. The first-order valence-corrected chi connectivity index (χ1v) is 20.2. The monoisotopic (exact) mass is 727 g/mol. The summed E-state index contributed by atoms with van der Waals surface area (Å²) < 4.78 is 32.5. The molecule has 0 aliphatic carbocycles. The summed E-state index contributed by atoms with van der Waals surface area (Å²) in [7, 11) is -4.72. The zero-order valence-corrected chi connectivity index (χ0v) is 31.6. The Labute approximate surface area is 301 Å². The lowest BCUT2D eigenvalue weighted by Gasteiger charge is -2.20. The second-order valence-corrected chi connectivity index (χ2v) is 13.8. The number of nitrogens with two attached hydrogens (primary N) is 1. The molecule has 1 unspecified atom stereocenters. The minimum Gasteiger partial charge on any atom is -0.480 e. The van der Waals surface area contributed by atoms with E-state index in [0.717, 1.165) is 89.9 Å². The van der Waals surface area contributed by atoms with E-state index in [1.165, 1.54) is 12.8 Å². The number of ether oxygens (including phenoxy) is 2. The van der Waals surface area contributed by atoms with Crippen molar-refractivity contribution in [1.29, 1.82) is 0 Å². The number of phosphoric acid groups is 1. The van der Waals surface area contributed by atoms with Crippen LogP contribution in [0.15, 0.2) is 48.6 Å². The van der Waals surface area contributed by atoms with Crippen molar-refractivity contribution in [2.75, 3.05) is 19.8 Å². The summed E-state index contributed by atoms with van der Waals surface area (Å²) in [6.45, 7) is 2.59. The Kier molecular flexibility index (Phi) is 31.9. The maximum Gasteiger partial charge on any atom is 0.472 e. The van der Waals surface area contributed by atoms with Crippen LogP contribution < -0.4 is 5.73 Å². The van der Waals surface area contributed by atoms with Crippen LogP contribution in [-0.4, -0.2) is 59.9 Å². The molecule has 12 heteroatoms. The zero-order chi connectivity index (χ0) is 37.1. The Morgan fingerprint density at radius 1 is 0.640 bits per heavy atom. The van der Waals surface area contributed by atoms with Crippen molar-refractivity contribution < 1.29 is 47.5 Å². The standard InChI is InChI=1S/C38H66NO10P/c1-3-5-7-9-11-13-15-16-17-18-20-22-24-26-28-30-37(41)49-34(32-47-50(44,45)48-33-35(39)38(42)43)31-46-36(40)29-27-25-23-21-19-14-12-10-8-6-4-2/h5,7,10-13,16-17,34-35H,3-4,6,8-9,14-15,18-33,39H2,1-2H3,(H,42,43)(H,44,45)/b7-5-,12-10-,13-11-,17-16-/t34-,35+/m1/s1. The lowest BCUT2D eigenvalue weighted by molar-refractivity contribution is -0.161. The van der Waals surface area contributed by atoms with Crippen LogP contribution in [0.2, 0.25) is 0 Å². The van der Waals surface area contributed by atoms with Crippen molar-refractivity contribution in [3.05, 3.63) is 48.6 Å². The molecule has 0 radical (unpaired) electrons. The Morgan fingerprint density at radius 3 is 1.70 bits per heavy atom. The first-order chi connectivity index (χ1) is 24.1. The SMILES string of the molecule is CC/C=C\C/C=C\C/C=C\CCCCCCCC(=O)O[C@H](COC(=O)CCCCCCC/C=C\CCCC)COP(=O)(O)OC[C@H](N)C(=O)O. The van der Waals surface area contributed by atoms with Crippen LogP contribution in [0.1, 0.15) is 142 Å². The van der Waals surface area contributed by atoms with Crippen LogP contribution in [0.4, 0.5) is 0 Å². The number of esters is 2. The Balaban J connectivity index is 4.50. The highest BCUT2D eigenvalue weighted by Crippen LogP contribution is 2.43. The first kappa shape index (κ1) is 47.4. The van der Waals surface area contributed by atoms with E-state index in [1.54, 1.807) is 0 Å². The van der Waals surface area contributed by atoms with Crippen molar-refractivity contribution in [3.63, 3.8) is 0 Å². The minimum absolute atomic E-state index is 0.138. The van der Waals surface area contributed by atoms with Crippen LogP contribution in [-0.2, 0) is 37.5 Å². The fourth-order valence-electron chi connectivity index (χ4n) is 4.59. The molecule has 288 valence electrons. The van der Waals surface area contributed by atoms with Gasteiger partial charge in [0.25, 0.3) is 0 Å². The van der Waals surface area contributed by atoms with E-state index in [9.17, 15) is 23.8 Å². The highest BCUT2D eigenvalue weighted by Gasteiger charge is 2.28. The second-order valence-electron chi connectivity index (χ2n) is 12.3. The lowest BCUT2D eigenvalue weighted by Crippen LogP contribution is -2.34. The summed E-state index contributed by atoms with van der Waals surface area (Å²) in [6, 6.07) is -1.53. The summed E-state index contributed by atoms with van der Waals surface area (Å²) in [5.41, 5.74) is 5.31. The molecule has 0 saturated heterocycles. The predicted octanol–water partition coefficient (Wildman–Crippen LogP) is 9.05. The van der Waals surface area contributed by atoms with E-state index in [2.05, 4.69) is 67.0 Å². The van der Waals surface area contributed by atoms with Crippen LogP contribution in [0, 0.1) is 0 Å². The summed E-state index contributed by atoms with van der Waals surface area (Å²) in [6.07, 6.45) is 34.7. The highest BCUT2D eigenvalue weighted by atomic mass is 31.2. The molecule has 11 nitrogen and oxygen atoms in total. The van der Waals surface area contributed by atoms with Gasteiger partial charge < -0.3 is 25.2 Å². The third-order valence-corrected chi connectivity index (χ3v) is 8.51. The van der Waals surface area contributed by atoms with Gasteiger partial charge in [0, 0.05) is 12.8 Å². The molecule has 0 aromatic carbocycles. The summed E-state index contributed by atoms with van der Waals surface area (Å²) in [4.78, 5) is 45.7. The van der Waals surface area contributed by atoms with Gasteiger partial charge in [-0.3, -0.25) is 23.4 Å². The fourth-order valence-corrected chi connectivity index (χ4v) is 5.37. The van der Waals surface area contributed by atoms with Gasteiger partial charge in [0.05, 0.1) is 13.2 Å². The van der Waals surface area contributed by atoms with E-state index >= 15 is 0 Å². The number of phosphoric ester groups is 1.